The molecular formula is C18H18BrClN6O4. The fraction of sp³-hybridized carbons (Fsp3) is 0.278. The van der Waals surface area contributed by atoms with Crippen LogP contribution in [0.3, 0.4) is 0 Å². The monoisotopic (exact) mass is 496 g/mol. The molecule has 0 aliphatic heterocycles. The molecule has 0 saturated carbocycles. The third-order valence-corrected chi connectivity index (χ3v) is 4.44. The molecule has 0 unspecified atom stereocenters. The third kappa shape index (κ3) is 6.29. The normalized spacial score (nSPS) is 10.6. The van der Waals surface area contributed by atoms with E-state index in [0.29, 0.717) is 16.6 Å². The third-order valence-electron chi connectivity index (χ3n) is 3.80. The topological polar surface area (TPSA) is 124 Å². The van der Waals surface area contributed by atoms with Crippen molar-refractivity contribution in [3.8, 4) is 5.75 Å². The summed E-state index contributed by atoms with van der Waals surface area (Å²) in [5.74, 6) is -0.109. The van der Waals surface area contributed by atoms with Crippen LogP contribution in [0.4, 0.5) is 0 Å². The summed E-state index contributed by atoms with van der Waals surface area (Å²) in [7, 11) is 0. The molecule has 3 rings (SSSR count). The van der Waals surface area contributed by atoms with Gasteiger partial charge in [-0.25, -0.2) is 0 Å². The average Bonchev–Trinajstić information content (AvgIpc) is 3.33. The Kier molecular flexibility index (Phi) is 7.41. The second kappa shape index (κ2) is 10.2. The molecule has 0 radical (unpaired) electrons. The zero-order valence-corrected chi connectivity index (χ0v) is 18.2. The van der Waals surface area contributed by atoms with E-state index in [1.807, 2.05) is 6.92 Å². The van der Waals surface area contributed by atoms with Crippen molar-refractivity contribution in [2.45, 2.75) is 13.5 Å². The molecule has 158 valence electrons. The summed E-state index contributed by atoms with van der Waals surface area (Å²) < 4.78 is 12.8. The Morgan fingerprint density at radius 2 is 2.10 bits per heavy atom. The van der Waals surface area contributed by atoms with Crippen LogP contribution in [0.5, 0.6) is 5.75 Å². The zero-order chi connectivity index (χ0) is 21.5. The number of nitrogens with zero attached hydrogens (tertiary/aromatic N) is 4. The number of halogens is 2. The summed E-state index contributed by atoms with van der Waals surface area (Å²) in [6.07, 6.45) is 3.38. The van der Waals surface area contributed by atoms with Crippen molar-refractivity contribution < 1.29 is 18.8 Å². The van der Waals surface area contributed by atoms with E-state index in [4.69, 9.17) is 20.9 Å². The number of nitrogens with one attached hydrogen (secondary N) is 2. The van der Waals surface area contributed by atoms with E-state index in [0.717, 1.165) is 10.0 Å². The molecular weight excluding hydrogens is 480 g/mol. The van der Waals surface area contributed by atoms with Crippen LogP contribution in [0.25, 0.3) is 0 Å². The number of aryl methyl sites for hydroxylation is 1. The molecule has 2 aromatic heterocycles. The predicted molar refractivity (Wildman–Crippen MR) is 110 cm³/mol. The number of carbonyl (C=O) groups is 2. The minimum Gasteiger partial charge on any atom is -0.484 e. The van der Waals surface area contributed by atoms with E-state index < -0.39 is 5.91 Å². The van der Waals surface area contributed by atoms with E-state index in [1.165, 1.54) is 0 Å². The fourth-order valence-corrected chi connectivity index (χ4v) is 2.96. The maximum Gasteiger partial charge on any atom is 0.316 e. The largest absolute Gasteiger partial charge is 0.484 e. The first-order valence-corrected chi connectivity index (χ1v) is 10.0. The van der Waals surface area contributed by atoms with E-state index in [1.54, 1.807) is 35.3 Å². The van der Waals surface area contributed by atoms with Crippen molar-refractivity contribution in [2.75, 3.05) is 19.7 Å². The number of hydrogen-bond acceptors (Lipinski definition) is 7. The van der Waals surface area contributed by atoms with Crippen molar-refractivity contribution in [1.29, 1.82) is 0 Å². The van der Waals surface area contributed by atoms with Gasteiger partial charge in [0, 0.05) is 24.3 Å². The van der Waals surface area contributed by atoms with Gasteiger partial charge in [-0.05, 0) is 46.6 Å². The van der Waals surface area contributed by atoms with Crippen LogP contribution in [-0.2, 0) is 11.3 Å². The number of carbonyl (C=O) groups excluding carboxylic acids is 2. The maximum absolute atomic E-state index is 12.0. The lowest BCUT2D eigenvalue weighted by Gasteiger charge is -2.10. The van der Waals surface area contributed by atoms with Crippen LogP contribution in [0.1, 0.15) is 22.1 Å². The van der Waals surface area contributed by atoms with E-state index >= 15 is 0 Å². The van der Waals surface area contributed by atoms with Crippen LogP contribution in [0.15, 0.2) is 39.6 Å². The molecule has 12 heteroatoms. The minimum absolute atomic E-state index is 0.146. The summed E-state index contributed by atoms with van der Waals surface area (Å²) in [6, 6.07) is 5.14. The van der Waals surface area contributed by atoms with Crippen molar-refractivity contribution >= 4 is 39.3 Å². The maximum atomic E-state index is 12.0. The highest BCUT2D eigenvalue weighted by molar-refractivity contribution is 9.10. The summed E-state index contributed by atoms with van der Waals surface area (Å²) >= 11 is 9.17. The Bertz CT molecular complexity index is 1040. The molecule has 0 bridgehead atoms. The predicted octanol–water partition coefficient (Wildman–Crippen LogP) is 1.96. The number of amides is 2. The second-order valence-corrected chi connectivity index (χ2v) is 7.53. The van der Waals surface area contributed by atoms with Crippen molar-refractivity contribution in [3.63, 3.8) is 0 Å². The summed E-state index contributed by atoms with van der Waals surface area (Å²) in [6.45, 7) is 2.37. The Hall–Kier alpha value is -2.92. The lowest BCUT2D eigenvalue weighted by atomic mass is 10.2. The van der Waals surface area contributed by atoms with E-state index in [2.05, 4.69) is 41.8 Å². The Morgan fingerprint density at radius 1 is 1.30 bits per heavy atom. The Morgan fingerprint density at radius 3 is 2.83 bits per heavy atom. The van der Waals surface area contributed by atoms with Gasteiger partial charge in [0.25, 0.3) is 5.91 Å². The molecule has 1 aromatic carbocycles. The van der Waals surface area contributed by atoms with Crippen LogP contribution < -0.4 is 15.4 Å². The SMILES string of the molecule is Cc1cc(Cl)ccc1OCC(=O)NCCNC(=O)c1nc(Cn2cc(Br)cn2)no1. The molecule has 0 fully saturated rings. The highest BCUT2D eigenvalue weighted by Crippen LogP contribution is 2.21. The Labute approximate surface area is 185 Å². The molecule has 3 aromatic rings. The van der Waals surface area contributed by atoms with Crippen LogP contribution in [0, 0.1) is 6.92 Å². The minimum atomic E-state index is -0.530. The molecule has 2 N–H and O–H groups in total. The van der Waals surface area contributed by atoms with Gasteiger partial charge in [0.05, 0.1) is 10.7 Å². The van der Waals surface area contributed by atoms with Crippen LogP contribution in [-0.4, -0.2) is 51.4 Å². The molecule has 2 amide bonds. The van der Waals surface area contributed by atoms with E-state index in [-0.39, 0.29) is 38.0 Å². The van der Waals surface area contributed by atoms with Gasteiger partial charge in [-0.1, -0.05) is 16.8 Å². The van der Waals surface area contributed by atoms with E-state index in [9.17, 15) is 9.59 Å². The standard InChI is InChI=1S/C18H18BrClN6O4/c1-11-6-13(20)2-3-14(11)29-10-16(27)21-4-5-22-17(28)18-24-15(25-30-18)9-26-8-12(19)7-23-26/h2-3,6-8H,4-5,9-10H2,1H3,(H,21,27)(H,22,28). The molecule has 0 spiro atoms. The Balaban J connectivity index is 1.35. The van der Waals surface area contributed by atoms with Crippen LogP contribution in [0.2, 0.25) is 5.02 Å². The molecule has 0 saturated heterocycles. The fourth-order valence-electron chi connectivity index (χ4n) is 2.40. The zero-order valence-electron chi connectivity index (χ0n) is 15.9. The lowest BCUT2D eigenvalue weighted by molar-refractivity contribution is -0.123. The quantitative estimate of drug-likeness (QED) is 0.433. The van der Waals surface area contributed by atoms with Gasteiger partial charge in [-0.3, -0.25) is 14.3 Å². The molecule has 30 heavy (non-hydrogen) atoms. The smallest absolute Gasteiger partial charge is 0.316 e. The molecule has 0 atom stereocenters. The number of rotatable bonds is 9. The van der Waals surface area contributed by atoms with Crippen molar-refractivity contribution in [1.82, 2.24) is 30.6 Å². The van der Waals surface area contributed by atoms with Gasteiger partial charge >= 0.3 is 11.8 Å². The molecule has 2 heterocycles. The summed E-state index contributed by atoms with van der Waals surface area (Å²) in [5, 5.41) is 13.7. The van der Waals surface area contributed by atoms with Gasteiger partial charge in [-0.2, -0.15) is 10.1 Å². The van der Waals surface area contributed by atoms with Crippen molar-refractivity contribution in [3.05, 3.63) is 57.4 Å². The molecule has 0 aliphatic rings. The summed E-state index contributed by atoms with van der Waals surface area (Å²) in [5.41, 5.74) is 0.835. The van der Waals surface area contributed by atoms with Gasteiger partial charge in [-0.15, -0.1) is 0 Å². The highest BCUT2D eigenvalue weighted by Gasteiger charge is 2.15. The number of ether oxygens (including phenoxy) is 1. The summed E-state index contributed by atoms with van der Waals surface area (Å²) in [4.78, 5) is 27.9. The van der Waals surface area contributed by atoms with Crippen molar-refractivity contribution in [2.24, 2.45) is 0 Å². The van der Waals surface area contributed by atoms with Gasteiger partial charge < -0.3 is 19.9 Å². The number of hydrogen-bond donors (Lipinski definition) is 2. The lowest BCUT2D eigenvalue weighted by Crippen LogP contribution is -2.36. The first-order valence-electron chi connectivity index (χ1n) is 8.85. The molecule has 10 nitrogen and oxygen atoms in total. The number of aromatic nitrogens is 4. The number of benzene rings is 1. The van der Waals surface area contributed by atoms with Gasteiger partial charge in [0.15, 0.2) is 12.4 Å². The van der Waals surface area contributed by atoms with Crippen LogP contribution >= 0.6 is 27.5 Å². The highest BCUT2D eigenvalue weighted by atomic mass is 79.9. The van der Waals surface area contributed by atoms with Gasteiger partial charge in [0.2, 0.25) is 0 Å². The van der Waals surface area contributed by atoms with Gasteiger partial charge in [0.1, 0.15) is 12.3 Å². The first-order chi connectivity index (χ1) is 14.4. The molecule has 0 aliphatic carbocycles. The first kappa shape index (κ1) is 21.8. The second-order valence-electron chi connectivity index (χ2n) is 6.18. The average molecular weight is 498 g/mol.